The van der Waals surface area contributed by atoms with Crippen molar-refractivity contribution in [3.05, 3.63) is 64.4 Å². The predicted octanol–water partition coefficient (Wildman–Crippen LogP) is 4.03. The molecule has 0 spiro atoms. The zero-order valence-electron chi connectivity index (χ0n) is 11.2. The smallest absolute Gasteiger partial charge is 0.255 e. The maximum absolute atomic E-state index is 12.2. The maximum Gasteiger partial charge on any atom is 0.255 e. The lowest BCUT2D eigenvalue weighted by Crippen LogP contribution is -2.11. The van der Waals surface area contributed by atoms with Crippen molar-refractivity contribution >= 4 is 34.8 Å². The SMILES string of the molecule is O=C(Nc1cccc(-c2ncn[nH]2)c1)c1ccc(Cl)c(Cl)c1. The van der Waals surface area contributed by atoms with Gasteiger partial charge in [0.1, 0.15) is 6.33 Å². The minimum Gasteiger partial charge on any atom is -0.322 e. The summed E-state index contributed by atoms with van der Waals surface area (Å²) >= 11 is 11.8. The second-order valence-electron chi connectivity index (χ2n) is 4.50. The Morgan fingerprint density at radius 2 is 1.95 bits per heavy atom. The van der Waals surface area contributed by atoms with Gasteiger partial charge < -0.3 is 5.32 Å². The van der Waals surface area contributed by atoms with Crippen molar-refractivity contribution in [2.24, 2.45) is 0 Å². The average molecular weight is 333 g/mol. The first kappa shape index (κ1) is 14.6. The molecule has 1 heterocycles. The highest BCUT2D eigenvalue weighted by molar-refractivity contribution is 6.42. The lowest BCUT2D eigenvalue weighted by molar-refractivity contribution is 0.102. The van der Waals surface area contributed by atoms with Crippen LogP contribution in [0.25, 0.3) is 11.4 Å². The van der Waals surface area contributed by atoms with Crippen LogP contribution in [-0.4, -0.2) is 21.1 Å². The second kappa shape index (κ2) is 6.17. The molecular formula is C15H10Cl2N4O. The van der Waals surface area contributed by atoms with E-state index in [4.69, 9.17) is 23.2 Å². The van der Waals surface area contributed by atoms with Gasteiger partial charge in [-0.2, -0.15) is 5.10 Å². The van der Waals surface area contributed by atoms with Gasteiger partial charge in [-0.3, -0.25) is 9.89 Å². The van der Waals surface area contributed by atoms with Crippen molar-refractivity contribution in [2.75, 3.05) is 5.32 Å². The van der Waals surface area contributed by atoms with E-state index >= 15 is 0 Å². The summed E-state index contributed by atoms with van der Waals surface area (Å²) in [6.45, 7) is 0. The molecule has 0 aliphatic carbocycles. The fraction of sp³-hybridized carbons (Fsp3) is 0. The molecular weight excluding hydrogens is 323 g/mol. The molecule has 0 atom stereocenters. The maximum atomic E-state index is 12.2. The number of carbonyl (C=O) groups excluding carboxylic acids is 1. The summed E-state index contributed by atoms with van der Waals surface area (Å²) in [5.74, 6) is 0.360. The van der Waals surface area contributed by atoms with Crippen molar-refractivity contribution in [1.29, 1.82) is 0 Å². The number of carbonyl (C=O) groups is 1. The molecule has 0 aliphatic heterocycles. The molecule has 0 unspecified atom stereocenters. The Morgan fingerprint density at radius 3 is 2.68 bits per heavy atom. The Morgan fingerprint density at radius 1 is 1.09 bits per heavy atom. The molecule has 0 fully saturated rings. The van der Waals surface area contributed by atoms with Crippen LogP contribution in [0.3, 0.4) is 0 Å². The number of halogens is 2. The minimum atomic E-state index is -0.270. The third-order valence-corrected chi connectivity index (χ3v) is 3.73. The summed E-state index contributed by atoms with van der Waals surface area (Å²) in [5.41, 5.74) is 1.90. The highest BCUT2D eigenvalue weighted by Gasteiger charge is 2.09. The summed E-state index contributed by atoms with van der Waals surface area (Å²) in [7, 11) is 0. The molecule has 2 aromatic carbocycles. The first-order chi connectivity index (χ1) is 10.6. The molecule has 3 rings (SSSR count). The van der Waals surface area contributed by atoms with Gasteiger partial charge in [0.05, 0.1) is 10.0 Å². The molecule has 2 N–H and O–H groups in total. The van der Waals surface area contributed by atoms with E-state index in [9.17, 15) is 4.79 Å². The molecule has 0 radical (unpaired) electrons. The van der Waals surface area contributed by atoms with Crippen LogP contribution in [0.1, 0.15) is 10.4 Å². The molecule has 0 bridgehead atoms. The minimum absolute atomic E-state index is 0.270. The number of benzene rings is 2. The van der Waals surface area contributed by atoms with Gasteiger partial charge in [0.2, 0.25) is 0 Å². The van der Waals surface area contributed by atoms with Crippen LogP contribution in [0.4, 0.5) is 5.69 Å². The highest BCUT2D eigenvalue weighted by Crippen LogP contribution is 2.24. The topological polar surface area (TPSA) is 70.7 Å². The first-order valence-corrected chi connectivity index (χ1v) is 7.11. The predicted molar refractivity (Wildman–Crippen MR) is 86.2 cm³/mol. The molecule has 110 valence electrons. The Bertz CT molecular complexity index is 818. The van der Waals surface area contributed by atoms with E-state index in [0.717, 1.165) is 5.56 Å². The molecule has 0 saturated carbocycles. The van der Waals surface area contributed by atoms with Crippen LogP contribution >= 0.6 is 23.2 Å². The fourth-order valence-corrected chi connectivity index (χ4v) is 2.23. The van der Waals surface area contributed by atoms with Gasteiger partial charge in [0.15, 0.2) is 5.82 Å². The molecule has 22 heavy (non-hydrogen) atoms. The van der Waals surface area contributed by atoms with Gasteiger partial charge in [-0.25, -0.2) is 4.98 Å². The van der Waals surface area contributed by atoms with E-state index in [-0.39, 0.29) is 5.91 Å². The number of nitrogens with zero attached hydrogens (tertiary/aromatic N) is 2. The number of hydrogen-bond acceptors (Lipinski definition) is 3. The number of rotatable bonds is 3. The number of aromatic amines is 1. The number of anilines is 1. The average Bonchev–Trinajstić information content (AvgIpc) is 3.04. The zero-order valence-corrected chi connectivity index (χ0v) is 12.7. The van der Waals surface area contributed by atoms with E-state index in [1.807, 2.05) is 12.1 Å². The van der Waals surface area contributed by atoms with Crippen LogP contribution in [0.2, 0.25) is 10.0 Å². The molecule has 7 heteroatoms. The summed E-state index contributed by atoms with van der Waals surface area (Å²) in [4.78, 5) is 16.3. The van der Waals surface area contributed by atoms with Crippen molar-refractivity contribution in [2.45, 2.75) is 0 Å². The standard InChI is InChI=1S/C15H10Cl2N4O/c16-12-5-4-10(7-13(12)17)15(22)20-11-3-1-2-9(6-11)14-18-8-19-21-14/h1-8H,(H,20,22)(H,18,19,21). The van der Waals surface area contributed by atoms with E-state index in [1.54, 1.807) is 24.3 Å². The summed E-state index contributed by atoms with van der Waals surface area (Å²) in [5, 5.41) is 10.1. The number of amides is 1. The number of aromatic nitrogens is 3. The van der Waals surface area contributed by atoms with Crippen LogP contribution in [0.5, 0.6) is 0 Å². The van der Waals surface area contributed by atoms with Gasteiger partial charge in [-0.15, -0.1) is 0 Å². The molecule has 1 amide bonds. The Hall–Kier alpha value is -2.37. The van der Waals surface area contributed by atoms with Gasteiger partial charge >= 0.3 is 0 Å². The molecule has 0 aliphatic rings. The van der Waals surface area contributed by atoms with Gasteiger partial charge in [0.25, 0.3) is 5.91 Å². The quantitative estimate of drug-likeness (QED) is 0.760. The Labute approximate surface area is 136 Å². The molecule has 0 saturated heterocycles. The van der Waals surface area contributed by atoms with Crippen LogP contribution < -0.4 is 5.32 Å². The number of nitrogens with one attached hydrogen (secondary N) is 2. The van der Waals surface area contributed by atoms with Crippen molar-refractivity contribution in [3.63, 3.8) is 0 Å². The molecule has 3 aromatic rings. The van der Waals surface area contributed by atoms with Gasteiger partial charge in [-0.05, 0) is 30.3 Å². The highest BCUT2D eigenvalue weighted by atomic mass is 35.5. The van der Waals surface area contributed by atoms with Gasteiger partial charge in [0, 0.05) is 16.8 Å². The summed E-state index contributed by atoms with van der Waals surface area (Å²) in [6.07, 6.45) is 1.43. The Balaban J connectivity index is 1.82. The normalized spacial score (nSPS) is 10.5. The lowest BCUT2D eigenvalue weighted by Gasteiger charge is -2.07. The summed E-state index contributed by atoms with van der Waals surface area (Å²) in [6, 6.07) is 12.0. The third kappa shape index (κ3) is 3.10. The number of hydrogen-bond donors (Lipinski definition) is 2. The van der Waals surface area contributed by atoms with E-state index < -0.39 is 0 Å². The van der Waals surface area contributed by atoms with Crippen molar-refractivity contribution in [3.8, 4) is 11.4 Å². The van der Waals surface area contributed by atoms with E-state index in [0.29, 0.717) is 27.1 Å². The lowest BCUT2D eigenvalue weighted by atomic mass is 10.1. The van der Waals surface area contributed by atoms with Crippen molar-refractivity contribution in [1.82, 2.24) is 15.2 Å². The second-order valence-corrected chi connectivity index (χ2v) is 5.31. The third-order valence-electron chi connectivity index (χ3n) is 2.99. The van der Waals surface area contributed by atoms with E-state index in [2.05, 4.69) is 20.5 Å². The summed E-state index contributed by atoms with van der Waals surface area (Å²) < 4.78 is 0. The van der Waals surface area contributed by atoms with Crippen LogP contribution in [-0.2, 0) is 0 Å². The van der Waals surface area contributed by atoms with Crippen LogP contribution in [0.15, 0.2) is 48.8 Å². The molecule has 1 aromatic heterocycles. The van der Waals surface area contributed by atoms with Crippen molar-refractivity contribution < 1.29 is 4.79 Å². The molecule has 5 nitrogen and oxygen atoms in total. The number of H-pyrrole nitrogens is 1. The Kier molecular flexibility index (Phi) is 4.09. The zero-order chi connectivity index (χ0) is 15.5. The first-order valence-electron chi connectivity index (χ1n) is 6.36. The largest absolute Gasteiger partial charge is 0.322 e. The van der Waals surface area contributed by atoms with E-state index in [1.165, 1.54) is 12.4 Å². The van der Waals surface area contributed by atoms with Gasteiger partial charge in [-0.1, -0.05) is 35.3 Å². The van der Waals surface area contributed by atoms with Crippen LogP contribution in [0, 0.1) is 0 Å². The monoisotopic (exact) mass is 332 g/mol. The fourth-order valence-electron chi connectivity index (χ4n) is 1.93.